The number of aromatic nitrogens is 1. The van der Waals surface area contributed by atoms with E-state index in [9.17, 15) is 13.2 Å². The number of oxazole rings is 1. The van der Waals surface area contributed by atoms with Gasteiger partial charge in [-0.3, -0.25) is 0 Å². The monoisotopic (exact) mass is 374 g/mol. The second-order valence-corrected chi connectivity index (χ2v) is 6.40. The van der Waals surface area contributed by atoms with Crippen LogP contribution < -0.4 is 5.32 Å². The molecule has 0 saturated carbocycles. The second-order valence-electron chi connectivity index (χ2n) is 5.97. The Balaban J connectivity index is 1.84. The third-order valence-corrected chi connectivity index (χ3v) is 4.27. The Morgan fingerprint density at radius 1 is 1.20 bits per heavy atom. The van der Waals surface area contributed by atoms with Crippen molar-refractivity contribution in [2.24, 2.45) is 0 Å². The lowest BCUT2D eigenvalue weighted by molar-refractivity contribution is -0.176. The smallest absolute Gasteiger partial charge is 0.411 e. The topological polar surface area (TPSA) is 47.3 Å². The second kappa shape index (κ2) is 7.76. The Morgan fingerprint density at radius 2 is 1.88 bits per heavy atom. The van der Waals surface area contributed by atoms with E-state index in [0.717, 1.165) is 25.9 Å². The number of ether oxygens (including phenoxy) is 1. The molecule has 0 unspecified atom stereocenters. The van der Waals surface area contributed by atoms with E-state index in [1.165, 1.54) is 0 Å². The van der Waals surface area contributed by atoms with E-state index in [1.54, 1.807) is 24.3 Å². The molecule has 0 aliphatic carbocycles. The molecule has 8 heteroatoms. The van der Waals surface area contributed by atoms with Crippen molar-refractivity contribution in [3.8, 4) is 11.3 Å². The summed E-state index contributed by atoms with van der Waals surface area (Å²) in [6.45, 7) is 0.154. The van der Waals surface area contributed by atoms with Gasteiger partial charge in [-0.2, -0.15) is 13.2 Å². The maximum absolute atomic E-state index is 12.3. The molecular formula is C17H18ClF3N2O2. The molecule has 1 N–H and O–H groups in total. The first-order chi connectivity index (χ1) is 11.9. The van der Waals surface area contributed by atoms with Gasteiger partial charge >= 0.3 is 6.18 Å². The van der Waals surface area contributed by atoms with Gasteiger partial charge < -0.3 is 14.5 Å². The summed E-state index contributed by atoms with van der Waals surface area (Å²) in [5.41, 5.74) is 1.09. The molecule has 0 amide bonds. The van der Waals surface area contributed by atoms with Gasteiger partial charge in [-0.15, -0.1) is 0 Å². The highest BCUT2D eigenvalue weighted by molar-refractivity contribution is 6.30. The number of hydrogen-bond acceptors (Lipinski definition) is 4. The number of hydrogen-bond donors (Lipinski definition) is 1. The zero-order valence-corrected chi connectivity index (χ0v) is 14.2. The van der Waals surface area contributed by atoms with Crippen LogP contribution in [0.25, 0.3) is 11.3 Å². The standard InChI is InChI=1S/C17H18ClF3N2O2/c18-13-3-1-11(2-4-13)15-14(9-24-10-17(19,20)21)23-16(25-15)12-5-7-22-8-6-12/h1-4,12,22H,5-10H2. The molecule has 2 aromatic rings. The van der Waals surface area contributed by atoms with Crippen LogP contribution in [0.3, 0.4) is 0 Å². The molecule has 0 radical (unpaired) electrons. The highest BCUT2D eigenvalue weighted by Gasteiger charge is 2.29. The lowest BCUT2D eigenvalue weighted by atomic mass is 9.98. The maximum Gasteiger partial charge on any atom is 0.411 e. The van der Waals surface area contributed by atoms with Gasteiger partial charge in [-0.1, -0.05) is 11.6 Å². The lowest BCUT2D eigenvalue weighted by Crippen LogP contribution is -2.26. The van der Waals surface area contributed by atoms with E-state index in [0.29, 0.717) is 27.9 Å². The van der Waals surface area contributed by atoms with E-state index in [1.807, 2.05) is 0 Å². The molecule has 1 fully saturated rings. The van der Waals surface area contributed by atoms with Gasteiger partial charge in [-0.25, -0.2) is 4.98 Å². The molecule has 1 aliphatic heterocycles. The van der Waals surface area contributed by atoms with Crippen molar-refractivity contribution < 1.29 is 22.3 Å². The first-order valence-corrected chi connectivity index (χ1v) is 8.41. The Labute approximate surface area is 148 Å². The van der Waals surface area contributed by atoms with Crippen LogP contribution in [0.1, 0.15) is 30.3 Å². The third-order valence-electron chi connectivity index (χ3n) is 4.01. The zero-order valence-electron chi connectivity index (χ0n) is 13.4. The Bertz CT molecular complexity index is 695. The Morgan fingerprint density at radius 3 is 2.52 bits per heavy atom. The van der Waals surface area contributed by atoms with Gasteiger partial charge in [0.05, 0.1) is 6.61 Å². The largest absolute Gasteiger partial charge is 0.440 e. The van der Waals surface area contributed by atoms with E-state index < -0.39 is 12.8 Å². The summed E-state index contributed by atoms with van der Waals surface area (Å²) >= 11 is 5.90. The summed E-state index contributed by atoms with van der Waals surface area (Å²) in [5, 5.41) is 3.83. The molecule has 4 nitrogen and oxygen atoms in total. The molecule has 1 saturated heterocycles. The highest BCUT2D eigenvalue weighted by Crippen LogP contribution is 2.32. The summed E-state index contributed by atoms with van der Waals surface area (Å²) < 4.78 is 47.7. The van der Waals surface area contributed by atoms with Crippen LogP contribution in [0.2, 0.25) is 5.02 Å². The maximum atomic E-state index is 12.3. The minimum atomic E-state index is -4.37. The van der Waals surface area contributed by atoms with Crippen molar-refractivity contribution in [1.29, 1.82) is 0 Å². The first kappa shape index (κ1) is 18.2. The SMILES string of the molecule is FC(F)(F)COCc1nc(C2CCNCC2)oc1-c1ccc(Cl)cc1. The van der Waals surface area contributed by atoms with Crippen LogP contribution in [0.15, 0.2) is 28.7 Å². The molecule has 2 heterocycles. The molecule has 0 atom stereocenters. The van der Waals surface area contributed by atoms with Gasteiger partial charge in [-0.05, 0) is 50.2 Å². The minimum absolute atomic E-state index is 0.156. The Hall–Kier alpha value is -1.57. The van der Waals surface area contributed by atoms with Crippen LogP contribution in [0, 0.1) is 0 Å². The molecule has 1 aliphatic rings. The summed E-state index contributed by atoms with van der Waals surface area (Å²) in [4.78, 5) is 4.43. The van der Waals surface area contributed by atoms with Crippen LogP contribution in [-0.2, 0) is 11.3 Å². The summed E-state index contributed by atoms with van der Waals surface area (Å²) in [6.07, 6.45) is -2.62. The normalized spacial score (nSPS) is 16.3. The number of rotatable bonds is 5. The van der Waals surface area contributed by atoms with Gasteiger partial charge in [0.25, 0.3) is 0 Å². The fourth-order valence-electron chi connectivity index (χ4n) is 2.80. The minimum Gasteiger partial charge on any atom is -0.440 e. The summed E-state index contributed by atoms with van der Waals surface area (Å²) in [6, 6.07) is 6.90. The van der Waals surface area contributed by atoms with Crippen molar-refractivity contribution in [1.82, 2.24) is 10.3 Å². The van der Waals surface area contributed by atoms with Crippen LogP contribution in [0.4, 0.5) is 13.2 Å². The lowest BCUT2D eigenvalue weighted by Gasteiger charge is -2.19. The van der Waals surface area contributed by atoms with E-state index in [4.69, 9.17) is 20.8 Å². The van der Waals surface area contributed by atoms with Crippen molar-refractivity contribution in [2.45, 2.75) is 31.5 Å². The zero-order chi connectivity index (χ0) is 17.9. The first-order valence-electron chi connectivity index (χ1n) is 8.03. The van der Waals surface area contributed by atoms with Crippen LogP contribution in [0.5, 0.6) is 0 Å². The molecule has 1 aromatic carbocycles. The van der Waals surface area contributed by atoms with Gasteiger partial charge in [0.2, 0.25) is 0 Å². The molecular weight excluding hydrogens is 357 g/mol. The Kier molecular flexibility index (Phi) is 5.66. The van der Waals surface area contributed by atoms with E-state index in [-0.39, 0.29) is 12.5 Å². The number of halogens is 4. The number of nitrogens with one attached hydrogen (secondary N) is 1. The number of alkyl halides is 3. The van der Waals surface area contributed by atoms with Crippen molar-refractivity contribution in [3.63, 3.8) is 0 Å². The predicted octanol–water partition coefficient (Wildman–Crippen LogP) is 4.54. The molecule has 136 valence electrons. The molecule has 25 heavy (non-hydrogen) atoms. The van der Waals surface area contributed by atoms with Gasteiger partial charge in [0.15, 0.2) is 11.7 Å². The molecule has 3 rings (SSSR count). The average molecular weight is 375 g/mol. The van der Waals surface area contributed by atoms with Gasteiger partial charge in [0, 0.05) is 16.5 Å². The summed E-state index contributed by atoms with van der Waals surface area (Å²) in [7, 11) is 0. The van der Waals surface area contributed by atoms with E-state index in [2.05, 4.69) is 10.3 Å². The fraction of sp³-hybridized carbons (Fsp3) is 0.471. The predicted molar refractivity (Wildman–Crippen MR) is 87.5 cm³/mol. The summed E-state index contributed by atoms with van der Waals surface area (Å²) in [5.74, 6) is 1.15. The van der Waals surface area contributed by atoms with Crippen molar-refractivity contribution >= 4 is 11.6 Å². The van der Waals surface area contributed by atoms with Crippen molar-refractivity contribution in [2.75, 3.05) is 19.7 Å². The molecule has 0 bridgehead atoms. The number of piperidine rings is 1. The molecule has 0 spiro atoms. The quantitative estimate of drug-likeness (QED) is 0.834. The average Bonchev–Trinajstić information content (AvgIpc) is 2.99. The van der Waals surface area contributed by atoms with Crippen molar-refractivity contribution in [3.05, 3.63) is 40.9 Å². The number of nitrogens with zero attached hydrogens (tertiary/aromatic N) is 1. The molecule has 1 aromatic heterocycles. The highest BCUT2D eigenvalue weighted by atomic mass is 35.5. The van der Waals surface area contributed by atoms with Crippen LogP contribution in [-0.4, -0.2) is 30.9 Å². The van der Waals surface area contributed by atoms with Crippen LogP contribution >= 0.6 is 11.6 Å². The third kappa shape index (κ3) is 4.96. The fourth-order valence-corrected chi connectivity index (χ4v) is 2.93. The number of benzene rings is 1. The van der Waals surface area contributed by atoms with Gasteiger partial charge in [0.1, 0.15) is 12.3 Å². The van der Waals surface area contributed by atoms with E-state index >= 15 is 0 Å².